The molecule has 0 N–H and O–H groups in total. The van der Waals surface area contributed by atoms with Gasteiger partial charge in [0.1, 0.15) is 11.5 Å². The molecule has 0 aliphatic carbocycles. The Bertz CT molecular complexity index is 974. The maximum Gasteiger partial charge on any atom is 0.494 e. The van der Waals surface area contributed by atoms with E-state index in [1.807, 2.05) is 24.3 Å². The van der Waals surface area contributed by atoms with Crippen LogP contribution in [0.15, 0.2) is 66.7 Å². The van der Waals surface area contributed by atoms with Crippen LogP contribution in [0.1, 0.15) is 27.7 Å². The van der Waals surface area contributed by atoms with E-state index in [4.69, 9.17) is 18.8 Å². The lowest BCUT2D eigenvalue weighted by molar-refractivity contribution is 0.00578. The fraction of sp³-hybridized carbons (Fsp3) is 0.308. The zero-order valence-corrected chi connectivity index (χ0v) is 19.1. The Hall–Kier alpha value is -2.76. The van der Waals surface area contributed by atoms with Gasteiger partial charge in [-0.25, -0.2) is 0 Å². The first-order valence-electron chi connectivity index (χ1n) is 10.5. The molecule has 0 aromatic heterocycles. The van der Waals surface area contributed by atoms with Crippen LogP contribution < -0.4 is 14.9 Å². The molecule has 31 heavy (non-hydrogen) atoms. The van der Waals surface area contributed by atoms with E-state index in [2.05, 4.69) is 70.2 Å². The van der Waals surface area contributed by atoms with Gasteiger partial charge in [0.2, 0.25) is 0 Å². The van der Waals surface area contributed by atoms with Crippen molar-refractivity contribution in [2.75, 3.05) is 14.2 Å². The third-order valence-electron chi connectivity index (χ3n) is 6.33. The Morgan fingerprint density at radius 1 is 0.581 bits per heavy atom. The third kappa shape index (κ3) is 4.21. The van der Waals surface area contributed by atoms with Gasteiger partial charge in [-0.15, -0.1) is 0 Å². The predicted octanol–water partition coefficient (Wildman–Crippen LogP) is 5.34. The molecule has 0 atom stereocenters. The normalized spacial score (nSPS) is 16.9. The average molecular weight is 416 g/mol. The highest BCUT2D eigenvalue weighted by Crippen LogP contribution is 2.37. The number of hydrogen-bond acceptors (Lipinski definition) is 4. The molecule has 0 saturated carbocycles. The Morgan fingerprint density at radius 2 is 0.968 bits per heavy atom. The van der Waals surface area contributed by atoms with Crippen LogP contribution in [0.3, 0.4) is 0 Å². The van der Waals surface area contributed by atoms with E-state index >= 15 is 0 Å². The molecule has 4 rings (SSSR count). The quantitative estimate of drug-likeness (QED) is 0.527. The van der Waals surface area contributed by atoms with Crippen LogP contribution in [0.2, 0.25) is 0 Å². The summed E-state index contributed by atoms with van der Waals surface area (Å²) in [5.41, 5.74) is 4.62. The van der Waals surface area contributed by atoms with Gasteiger partial charge in [0.15, 0.2) is 0 Å². The topological polar surface area (TPSA) is 36.9 Å². The summed E-state index contributed by atoms with van der Waals surface area (Å²) >= 11 is 0. The number of ether oxygens (including phenoxy) is 2. The first kappa shape index (κ1) is 21.5. The van der Waals surface area contributed by atoms with Crippen LogP contribution in [-0.4, -0.2) is 32.5 Å². The third-order valence-corrected chi connectivity index (χ3v) is 6.33. The summed E-state index contributed by atoms with van der Waals surface area (Å²) < 4.78 is 23.3. The fourth-order valence-electron chi connectivity index (χ4n) is 3.67. The van der Waals surface area contributed by atoms with Gasteiger partial charge in [-0.2, -0.15) is 0 Å². The van der Waals surface area contributed by atoms with Crippen molar-refractivity contribution in [2.45, 2.75) is 38.9 Å². The van der Waals surface area contributed by atoms with E-state index < -0.39 is 18.3 Å². The summed E-state index contributed by atoms with van der Waals surface area (Å²) in [4.78, 5) is 0. The molecule has 1 fully saturated rings. The van der Waals surface area contributed by atoms with Crippen LogP contribution in [0.5, 0.6) is 11.5 Å². The van der Waals surface area contributed by atoms with E-state index in [1.165, 1.54) is 0 Å². The van der Waals surface area contributed by atoms with Crippen molar-refractivity contribution in [1.82, 2.24) is 0 Å². The Balaban J connectivity index is 1.80. The van der Waals surface area contributed by atoms with Gasteiger partial charge in [0, 0.05) is 0 Å². The van der Waals surface area contributed by atoms with Crippen LogP contribution >= 0.6 is 0 Å². The molecule has 1 heterocycles. The maximum absolute atomic E-state index is 6.34. The SMILES string of the molecule is COc1ccc(-c2cc(B3OC(C)(C)C(C)(C)O3)cc(-c3ccc(OC)cc3)c2)cc1. The van der Waals surface area contributed by atoms with Gasteiger partial charge >= 0.3 is 7.12 Å². The molecule has 0 spiro atoms. The summed E-state index contributed by atoms with van der Waals surface area (Å²) in [5, 5.41) is 0. The number of benzene rings is 3. The second kappa shape index (κ2) is 8.06. The van der Waals surface area contributed by atoms with Gasteiger partial charge in [-0.1, -0.05) is 36.4 Å². The summed E-state index contributed by atoms with van der Waals surface area (Å²) in [6.07, 6.45) is 0. The first-order chi connectivity index (χ1) is 14.7. The molecule has 0 bridgehead atoms. The molecule has 1 aliphatic heterocycles. The molecule has 3 aromatic rings. The molecule has 0 radical (unpaired) electrons. The molecule has 5 heteroatoms. The zero-order valence-electron chi connectivity index (χ0n) is 19.1. The summed E-state index contributed by atoms with van der Waals surface area (Å²) in [6.45, 7) is 8.30. The molecule has 1 aliphatic rings. The molecular weight excluding hydrogens is 387 g/mol. The standard InChI is InChI=1S/C26H29BO4/c1-25(2)26(3,4)31-27(30-25)22-16-20(18-7-11-23(28-5)12-8-18)15-21(17-22)19-9-13-24(29-6)14-10-19/h7-17H,1-6H3. The van der Waals surface area contributed by atoms with Gasteiger partial charge in [-0.3, -0.25) is 0 Å². The molecule has 3 aromatic carbocycles. The molecule has 160 valence electrons. The van der Waals surface area contributed by atoms with Gasteiger partial charge < -0.3 is 18.8 Å². The minimum absolute atomic E-state index is 0.395. The van der Waals surface area contributed by atoms with Crippen LogP contribution in [0.25, 0.3) is 22.3 Å². The average Bonchev–Trinajstić information content (AvgIpc) is 3.00. The minimum atomic E-state index is -0.430. The first-order valence-corrected chi connectivity index (χ1v) is 10.5. The van der Waals surface area contributed by atoms with Crippen molar-refractivity contribution in [2.24, 2.45) is 0 Å². The van der Waals surface area contributed by atoms with E-state index in [9.17, 15) is 0 Å². The largest absolute Gasteiger partial charge is 0.497 e. The van der Waals surface area contributed by atoms with Gasteiger partial charge in [0.05, 0.1) is 25.4 Å². The number of rotatable bonds is 5. The lowest BCUT2D eigenvalue weighted by Crippen LogP contribution is -2.41. The zero-order chi connectivity index (χ0) is 22.2. The van der Waals surface area contributed by atoms with Crippen molar-refractivity contribution < 1.29 is 18.8 Å². The van der Waals surface area contributed by atoms with E-state index in [1.54, 1.807) is 14.2 Å². The lowest BCUT2D eigenvalue weighted by atomic mass is 9.76. The van der Waals surface area contributed by atoms with Crippen molar-refractivity contribution in [3.8, 4) is 33.8 Å². The fourth-order valence-corrected chi connectivity index (χ4v) is 3.67. The predicted molar refractivity (Wildman–Crippen MR) is 126 cm³/mol. The van der Waals surface area contributed by atoms with Crippen molar-refractivity contribution >= 4 is 12.6 Å². The molecule has 1 saturated heterocycles. The highest BCUT2D eigenvalue weighted by atomic mass is 16.7. The maximum atomic E-state index is 6.34. The second-order valence-electron chi connectivity index (χ2n) is 8.89. The Morgan fingerprint density at radius 3 is 1.32 bits per heavy atom. The summed E-state index contributed by atoms with van der Waals surface area (Å²) in [6, 6.07) is 22.7. The molecule has 4 nitrogen and oxygen atoms in total. The monoisotopic (exact) mass is 416 g/mol. The van der Waals surface area contributed by atoms with Crippen LogP contribution in [0.4, 0.5) is 0 Å². The van der Waals surface area contributed by atoms with Crippen LogP contribution in [0, 0.1) is 0 Å². The highest BCUT2D eigenvalue weighted by Gasteiger charge is 2.51. The van der Waals surface area contributed by atoms with Crippen molar-refractivity contribution in [3.63, 3.8) is 0 Å². The number of hydrogen-bond donors (Lipinski definition) is 0. The number of methoxy groups -OCH3 is 2. The Labute approximate surface area is 185 Å². The summed E-state index contributed by atoms with van der Waals surface area (Å²) in [7, 11) is 2.92. The molecule has 0 unspecified atom stereocenters. The van der Waals surface area contributed by atoms with Crippen molar-refractivity contribution in [3.05, 3.63) is 66.7 Å². The van der Waals surface area contributed by atoms with E-state index in [-0.39, 0.29) is 0 Å². The molecule has 0 amide bonds. The lowest BCUT2D eigenvalue weighted by Gasteiger charge is -2.32. The second-order valence-corrected chi connectivity index (χ2v) is 8.89. The smallest absolute Gasteiger partial charge is 0.494 e. The highest BCUT2D eigenvalue weighted by molar-refractivity contribution is 6.62. The Kier molecular flexibility index (Phi) is 5.59. The van der Waals surface area contributed by atoms with E-state index in [0.717, 1.165) is 39.2 Å². The van der Waals surface area contributed by atoms with Crippen LogP contribution in [-0.2, 0) is 9.31 Å². The van der Waals surface area contributed by atoms with Gasteiger partial charge in [-0.05, 0) is 85.7 Å². The minimum Gasteiger partial charge on any atom is -0.497 e. The summed E-state index contributed by atoms with van der Waals surface area (Å²) in [5.74, 6) is 1.67. The van der Waals surface area contributed by atoms with E-state index in [0.29, 0.717) is 0 Å². The van der Waals surface area contributed by atoms with Crippen molar-refractivity contribution in [1.29, 1.82) is 0 Å². The van der Waals surface area contributed by atoms with Gasteiger partial charge in [0.25, 0.3) is 0 Å². The molecular formula is C26H29BO4.